The van der Waals surface area contributed by atoms with Crippen LogP contribution >= 0.6 is 0 Å². The highest BCUT2D eigenvalue weighted by Gasteiger charge is 2.32. The molecule has 1 aliphatic rings. The van der Waals surface area contributed by atoms with Crippen molar-refractivity contribution in [1.82, 2.24) is 15.2 Å². The SMILES string of the molecule is COc1cc(C(=O)N[C@H]2CN(C)C[C@@H]2OC)ccn1. The molecule has 0 bridgehead atoms. The number of likely N-dealkylation sites (N-methyl/N-ethyl adjacent to an activating group) is 1. The van der Waals surface area contributed by atoms with E-state index in [0.717, 1.165) is 13.1 Å². The number of aromatic nitrogens is 1. The number of amides is 1. The van der Waals surface area contributed by atoms with Gasteiger partial charge >= 0.3 is 0 Å². The fraction of sp³-hybridized carbons (Fsp3) is 0.538. The number of methoxy groups -OCH3 is 2. The lowest BCUT2D eigenvalue weighted by Crippen LogP contribution is -2.43. The van der Waals surface area contributed by atoms with Gasteiger partial charge in [-0.25, -0.2) is 4.98 Å². The van der Waals surface area contributed by atoms with E-state index in [1.807, 2.05) is 7.05 Å². The highest BCUT2D eigenvalue weighted by atomic mass is 16.5. The Hall–Kier alpha value is -1.66. The number of hydrogen-bond acceptors (Lipinski definition) is 5. The van der Waals surface area contributed by atoms with Crippen molar-refractivity contribution in [2.75, 3.05) is 34.4 Å². The quantitative estimate of drug-likeness (QED) is 0.839. The fourth-order valence-electron chi connectivity index (χ4n) is 2.25. The number of carbonyl (C=O) groups is 1. The van der Waals surface area contributed by atoms with Crippen molar-refractivity contribution in [1.29, 1.82) is 0 Å². The summed E-state index contributed by atoms with van der Waals surface area (Å²) in [5, 5.41) is 2.99. The zero-order chi connectivity index (χ0) is 13.8. The summed E-state index contributed by atoms with van der Waals surface area (Å²) in [7, 11) is 5.20. The third-order valence-corrected chi connectivity index (χ3v) is 3.27. The maximum Gasteiger partial charge on any atom is 0.251 e. The summed E-state index contributed by atoms with van der Waals surface area (Å²) >= 11 is 0. The Morgan fingerprint density at radius 2 is 2.26 bits per heavy atom. The summed E-state index contributed by atoms with van der Waals surface area (Å²) in [6.07, 6.45) is 1.58. The average Bonchev–Trinajstić information content (AvgIpc) is 2.78. The van der Waals surface area contributed by atoms with E-state index in [0.29, 0.717) is 11.4 Å². The molecule has 1 fully saturated rings. The molecule has 0 aromatic carbocycles. The van der Waals surface area contributed by atoms with Gasteiger partial charge in [-0.1, -0.05) is 0 Å². The van der Waals surface area contributed by atoms with E-state index in [9.17, 15) is 4.79 Å². The molecule has 6 heteroatoms. The fourth-order valence-corrected chi connectivity index (χ4v) is 2.25. The van der Waals surface area contributed by atoms with E-state index in [1.54, 1.807) is 25.4 Å². The van der Waals surface area contributed by atoms with E-state index >= 15 is 0 Å². The molecule has 2 heterocycles. The van der Waals surface area contributed by atoms with Gasteiger partial charge in [-0.15, -0.1) is 0 Å². The van der Waals surface area contributed by atoms with Crippen LogP contribution in [0.3, 0.4) is 0 Å². The number of rotatable bonds is 4. The standard InChI is InChI=1S/C13H19N3O3/c1-16-7-10(11(8-16)18-2)15-13(17)9-4-5-14-12(6-9)19-3/h4-6,10-11H,7-8H2,1-3H3,(H,15,17)/t10-,11-/m0/s1. The van der Waals surface area contributed by atoms with Gasteiger partial charge in [0, 0.05) is 38.0 Å². The summed E-state index contributed by atoms with van der Waals surface area (Å²) in [5.74, 6) is 0.294. The molecule has 2 rings (SSSR count). The highest BCUT2D eigenvalue weighted by molar-refractivity contribution is 5.94. The predicted octanol–water partition coefficient (Wildman–Crippen LogP) is 0.149. The smallest absolute Gasteiger partial charge is 0.251 e. The lowest BCUT2D eigenvalue weighted by Gasteiger charge is -2.18. The topological polar surface area (TPSA) is 63.7 Å². The van der Waals surface area contributed by atoms with E-state index in [1.165, 1.54) is 7.11 Å². The largest absolute Gasteiger partial charge is 0.481 e. The first-order chi connectivity index (χ1) is 9.13. The number of likely N-dealkylation sites (tertiary alicyclic amines) is 1. The third-order valence-electron chi connectivity index (χ3n) is 3.27. The van der Waals surface area contributed by atoms with E-state index < -0.39 is 0 Å². The Morgan fingerprint density at radius 3 is 2.95 bits per heavy atom. The zero-order valence-electron chi connectivity index (χ0n) is 11.4. The summed E-state index contributed by atoms with van der Waals surface area (Å²) in [4.78, 5) is 18.3. The predicted molar refractivity (Wildman–Crippen MR) is 70.3 cm³/mol. The first-order valence-electron chi connectivity index (χ1n) is 6.16. The summed E-state index contributed by atoms with van der Waals surface area (Å²) in [6, 6.07) is 3.29. The molecular formula is C13H19N3O3. The molecule has 6 nitrogen and oxygen atoms in total. The average molecular weight is 265 g/mol. The van der Waals surface area contributed by atoms with E-state index in [-0.39, 0.29) is 18.1 Å². The van der Waals surface area contributed by atoms with Crippen LogP contribution in [-0.2, 0) is 4.74 Å². The van der Waals surface area contributed by atoms with E-state index in [2.05, 4.69) is 15.2 Å². The minimum absolute atomic E-state index is 0.00154. The number of ether oxygens (including phenoxy) is 2. The molecule has 1 aromatic heterocycles. The first kappa shape index (κ1) is 13.8. The number of nitrogens with zero attached hydrogens (tertiary/aromatic N) is 2. The van der Waals surface area contributed by atoms with Crippen molar-refractivity contribution in [3.05, 3.63) is 23.9 Å². The van der Waals surface area contributed by atoms with Crippen LogP contribution in [0, 0.1) is 0 Å². The second-order valence-electron chi connectivity index (χ2n) is 4.66. The van der Waals surface area contributed by atoms with Gasteiger partial charge in [0.15, 0.2) is 0 Å². The summed E-state index contributed by atoms with van der Waals surface area (Å²) < 4.78 is 10.4. The Bertz CT molecular complexity index is 453. The molecule has 19 heavy (non-hydrogen) atoms. The van der Waals surface area contributed by atoms with Crippen molar-refractivity contribution >= 4 is 5.91 Å². The van der Waals surface area contributed by atoms with Gasteiger partial charge in [0.1, 0.15) is 0 Å². The number of nitrogens with one attached hydrogen (secondary N) is 1. The van der Waals surface area contributed by atoms with Gasteiger partial charge in [-0.05, 0) is 13.1 Å². The van der Waals surface area contributed by atoms with Gasteiger partial charge in [0.25, 0.3) is 5.91 Å². The summed E-state index contributed by atoms with van der Waals surface area (Å²) in [6.45, 7) is 1.60. The molecule has 1 aliphatic heterocycles. The molecule has 0 saturated carbocycles. The molecule has 0 aliphatic carbocycles. The van der Waals surface area contributed by atoms with Crippen LogP contribution < -0.4 is 10.1 Å². The zero-order valence-corrected chi connectivity index (χ0v) is 11.4. The van der Waals surface area contributed by atoms with Gasteiger partial charge < -0.3 is 19.7 Å². The maximum absolute atomic E-state index is 12.2. The molecule has 0 unspecified atom stereocenters. The van der Waals surface area contributed by atoms with Crippen LogP contribution in [0.15, 0.2) is 18.3 Å². The van der Waals surface area contributed by atoms with Gasteiger partial charge in [0.05, 0.1) is 19.3 Å². The summed E-state index contributed by atoms with van der Waals surface area (Å²) in [5.41, 5.74) is 0.538. The normalized spacial score (nSPS) is 23.3. The molecule has 1 amide bonds. The molecule has 0 radical (unpaired) electrons. The Labute approximate surface area is 112 Å². The monoisotopic (exact) mass is 265 g/mol. The Morgan fingerprint density at radius 1 is 1.47 bits per heavy atom. The Balaban J connectivity index is 2.04. The molecule has 1 saturated heterocycles. The first-order valence-corrected chi connectivity index (χ1v) is 6.16. The van der Waals surface area contributed by atoms with Gasteiger partial charge in [0.2, 0.25) is 5.88 Å². The molecule has 104 valence electrons. The minimum Gasteiger partial charge on any atom is -0.481 e. The molecule has 2 atom stereocenters. The number of pyridine rings is 1. The molecular weight excluding hydrogens is 246 g/mol. The van der Waals surface area contributed by atoms with Crippen LogP contribution in [0.25, 0.3) is 0 Å². The van der Waals surface area contributed by atoms with E-state index in [4.69, 9.17) is 9.47 Å². The lowest BCUT2D eigenvalue weighted by atomic mass is 10.2. The van der Waals surface area contributed by atoms with Crippen LogP contribution in [-0.4, -0.2) is 62.3 Å². The molecule has 1 aromatic rings. The highest BCUT2D eigenvalue weighted by Crippen LogP contribution is 2.13. The maximum atomic E-state index is 12.2. The third kappa shape index (κ3) is 3.21. The second kappa shape index (κ2) is 5.99. The van der Waals surface area contributed by atoms with Crippen molar-refractivity contribution < 1.29 is 14.3 Å². The Kier molecular flexibility index (Phi) is 4.34. The lowest BCUT2D eigenvalue weighted by molar-refractivity contribution is 0.0766. The minimum atomic E-state index is -0.136. The van der Waals surface area contributed by atoms with Crippen molar-refractivity contribution in [3.63, 3.8) is 0 Å². The van der Waals surface area contributed by atoms with Crippen LogP contribution in [0.1, 0.15) is 10.4 Å². The van der Waals surface area contributed by atoms with Gasteiger partial charge in [-0.2, -0.15) is 0 Å². The van der Waals surface area contributed by atoms with Gasteiger partial charge in [-0.3, -0.25) is 4.79 Å². The van der Waals surface area contributed by atoms with Crippen molar-refractivity contribution in [2.24, 2.45) is 0 Å². The van der Waals surface area contributed by atoms with Crippen LogP contribution in [0.2, 0.25) is 0 Å². The van der Waals surface area contributed by atoms with Crippen molar-refractivity contribution in [2.45, 2.75) is 12.1 Å². The molecule has 0 spiro atoms. The van der Waals surface area contributed by atoms with Crippen LogP contribution in [0.4, 0.5) is 0 Å². The number of carbonyl (C=O) groups excluding carboxylic acids is 1. The van der Waals surface area contributed by atoms with Crippen molar-refractivity contribution in [3.8, 4) is 5.88 Å². The van der Waals surface area contributed by atoms with Crippen LogP contribution in [0.5, 0.6) is 5.88 Å². The second-order valence-corrected chi connectivity index (χ2v) is 4.66. The molecule has 1 N–H and O–H groups in total. The number of hydrogen-bond donors (Lipinski definition) is 1.